The molecule has 0 amide bonds. The lowest BCUT2D eigenvalue weighted by Gasteiger charge is -2.38. The van der Waals surface area contributed by atoms with Gasteiger partial charge in [0.1, 0.15) is 17.2 Å². The van der Waals surface area contributed by atoms with Gasteiger partial charge in [-0.2, -0.15) is 5.10 Å². The highest BCUT2D eigenvalue weighted by atomic mass is 35.5. The average molecular weight is 491 g/mol. The lowest BCUT2D eigenvalue weighted by molar-refractivity contribution is -0.0190. The molecule has 0 radical (unpaired) electrons. The predicted molar refractivity (Wildman–Crippen MR) is 140 cm³/mol. The number of hydrazone groups is 1. The average Bonchev–Trinajstić information content (AvgIpc) is 3.35. The number of rotatable bonds is 9. The van der Waals surface area contributed by atoms with E-state index in [1.54, 1.807) is 7.11 Å². The summed E-state index contributed by atoms with van der Waals surface area (Å²) in [6, 6.07) is 22.1. The number of nitrogens with zero attached hydrogens (tertiary/aromatic N) is 2. The van der Waals surface area contributed by atoms with Crippen LogP contribution in [0.3, 0.4) is 0 Å². The van der Waals surface area contributed by atoms with Crippen molar-refractivity contribution in [2.45, 2.75) is 51.3 Å². The Morgan fingerprint density at radius 2 is 1.74 bits per heavy atom. The predicted octanol–water partition coefficient (Wildman–Crippen LogP) is 7.55. The van der Waals surface area contributed by atoms with Crippen LogP contribution in [0.15, 0.2) is 71.8 Å². The first-order valence-corrected chi connectivity index (χ1v) is 12.7. The number of hydrogen-bond donors (Lipinski definition) is 0. The maximum atomic E-state index is 6.47. The van der Waals surface area contributed by atoms with E-state index >= 15 is 0 Å². The van der Waals surface area contributed by atoms with Crippen molar-refractivity contribution in [3.8, 4) is 17.2 Å². The molecule has 0 N–H and O–H groups in total. The van der Waals surface area contributed by atoms with Crippen molar-refractivity contribution in [1.29, 1.82) is 0 Å². The number of fused-ring (bicyclic) bond motifs is 3. The van der Waals surface area contributed by atoms with Crippen LogP contribution >= 0.6 is 11.6 Å². The molecule has 0 spiro atoms. The Balaban J connectivity index is 1.39. The van der Waals surface area contributed by atoms with E-state index in [4.69, 9.17) is 30.9 Å². The fraction of sp³-hybridized carbons (Fsp3) is 0.345. The first-order valence-electron chi connectivity index (χ1n) is 12.4. The molecule has 2 aliphatic heterocycles. The molecule has 3 aromatic carbocycles. The lowest BCUT2D eigenvalue weighted by Crippen LogP contribution is -2.33. The Morgan fingerprint density at radius 1 is 0.971 bits per heavy atom. The van der Waals surface area contributed by atoms with Crippen molar-refractivity contribution in [3.63, 3.8) is 0 Å². The molecular weight excluding hydrogens is 460 g/mol. The molecule has 0 saturated heterocycles. The van der Waals surface area contributed by atoms with Crippen molar-refractivity contribution in [2.24, 2.45) is 5.10 Å². The molecule has 182 valence electrons. The number of halogens is 1. The van der Waals surface area contributed by atoms with Gasteiger partial charge in [0.15, 0.2) is 0 Å². The van der Waals surface area contributed by atoms with Gasteiger partial charge in [-0.05, 0) is 78.7 Å². The summed E-state index contributed by atoms with van der Waals surface area (Å²) >= 11 is 6.35. The third kappa shape index (κ3) is 5.10. The Hall–Kier alpha value is -3.18. The van der Waals surface area contributed by atoms with Crippen molar-refractivity contribution in [2.75, 3.05) is 13.7 Å². The fourth-order valence-corrected chi connectivity index (χ4v) is 4.86. The maximum absolute atomic E-state index is 6.47. The van der Waals surface area contributed by atoms with Crippen LogP contribution in [0.5, 0.6) is 17.2 Å². The highest BCUT2D eigenvalue weighted by Gasteiger charge is 2.41. The molecule has 0 bridgehead atoms. The van der Waals surface area contributed by atoms with E-state index < -0.39 is 0 Å². The second kappa shape index (κ2) is 10.6. The summed E-state index contributed by atoms with van der Waals surface area (Å²) in [5.74, 6) is 2.56. The van der Waals surface area contributed by atoms with Crippen molar-refractivity contribution in [3.05, 3.63) is 88.4 Å². The fourth-order valence-electron chi connectivity index (χ4n) is 4.68. The van der Waals surface area contributed by atoms with Gasteiger partial charge < -0.3 is 14.2 Å². The molecule has 0 saturated carbocycles. The second-order valence-electron chi connectivity index (χ2n) is 9.01. The highest BCUT2D eigenvalue weighted by Crippen LogP contribution is 2.48. The zero-order valence-corrected chi connectivity index (χ0v) is 21.0. The van der Waals surface area contributed by atoms with Gasteiger partial charge in [-0.1, -0.05) is 37.8 Å². The minimum atomic E-state index is -0.331. The van der Waals surface area contributed by atoms with Gasteiger partial charge in [0, 0.05) is 22.6 Å². The summed E-state index contributed by atoms with van der Waals surface area (Å²) in [5.41, 5.74) is 4.20. The minimum absolute atomic E-state index is 0.0500. The Morgan fingerprint density at radius 3 is 2.49 bits per heavy atom. The van der Waals surface area contributed by atoms with Gasteiger partial charge >= 0.3 is 0 Å². The summed E-state index contributed by atoms with van der Waals surface area (Å²) in [7, 11) is 1.67. The van der Waals surface area contributed by atoms with Crippen LogP contribution in [0.2, 0.25) is 5.02 Å². The molecule has 0 fully saturated rings. The first-order chi connectivity index (χ1) is 17.2. The van der Waals surface area contributed by atoms with E-state index in [9.17, 15) is 0 Å². The molecule has 35 heavy (non-hydrogen) atoms. The molecule has 0 aliphatic carbocycles. The second-order valence-corrected chi connectivity index (χ2v) is 9.44. The summed E-state index contributed by atoms with van der Waals surface area (Å²) in [6.07, 6.45) is 5.22. The Labute approximate surface area is 212 Å². The smallest absolute Gasteiger partial charge is 0.213 e. The van der Waals surface area contributed by atoms with Crippen LogP contribution in [0, 0.1) is 0 Å². The molecule has 2 atom stereocenters. The third-order valence-corrected chi connectivity index (χ3v) is 6.84. The number of unbranched alkanes of at least 4 members (excludes halogenated alkanes) is 3. The third-order valence-electron chi connectivity index (χ3n) is 6.61. The molecule has 2 aliphatic rings. The molecule has 2 heterocycles. The van der Waals surface area contributed by atoms with E-state index in [2.05, 4.69) is 36.2 Å². The number of methoxy groups -OCH3 is 1. The van der Waals surface area contributed by atoms with Crippen molar-refractivity contribution >= 4 is 17.3 Å². The van der Waals surface area contributed by atoms with Crippen LogP contribution in [-0.4, -0.2) is 24.4 Å². The van der Waals surface area contributed by atoms with Crippen LogP contribution < -0.4 is 14.2 Å². The van der Waals surface area contributed by atoms with Crippen LogP contribution in [-0.2, 0) is 0 Å². The zero-order chi connectivity index (χ0) is 24.2. The minimum Gasteiger partial charge on any atom is -0.497 e. The van der Waals surface area contributed by atoms with Gasteiger partial charge in [-0.15, -0.1) is 0 Å². The quantitative estimate of drug-likeness (QED) is 0.290. The van der Waals surface area contributed by atoms with Gasteiger partial charge in [-0.25, -0.2) is 5.01 Å². The van der Waals surface area contributed by atoms with Gasteiger partial charge in [0.05, 0.1) is 25.5 Å². The standard InChI is InChI=1S/C29H31ClN2O3/c1-3-4-5-6-17-34-24-14-9-21(10-15-24)29-32-27(25-18-22(30)11-16-28(25)35-29)19-26(31-32)20-7-12-23(33-2)13-8-20/h7-16,18,27,29H,3-6,17,19H2,1-2H3/t27-,29+/m0/s1. The van der Waals surface area contributed by atoms with E-state index in [-0.39, 0.29) is 12.3 Å². The molecule has 6 heteroatoms. The normalized spacial score (nSPS) is 18.4. The van der Waals surface area contributed by atoms with Crippen LogP contribution in [0.25, 0.3) is 0 Å². The van der Waals surface area contributed by atoms with Crippen molar-refractivity contribution in [1.82, 2.24) is 5.01 Å². The SMILES string of the molecule is CCCCCCOc1ccc([C@H]2Oc3ccc(Cl)cc3[C@@H]3CC(c4ccc(OC)cc4)=NN23)cc1. The largest absolute Gasteiger partial charge is 0.497 e. The summed E-state index contributed by atoms with van der Waals surface area (Å²) in [6.45, 7) is 2.96. The van der Waals surface area contributed by atoms with Crippen LogP contribution in [0.1, 0.15) is 68.0 Å². The van der Waals surface area contributed by atoms with Crippen LogP contribution in [0.4, 0.5) is 0 Å². The number of benzene rings is 3. The molecule has 5 nitrogen and oxygen atoms in total. The topological polar surface area (TPSA) is 43.3 Å². The summed E-state index contributed by atoms with van der Waals surface area (Å²) in [5, 5.41) is 7.80. The number of ether oxygens (including phenoxy) is 3. The summed E-state index contributed by atoms with van der Waals surface area (Å²) < 4.78 is 17.7. The Kier molecular flexibility index (Phi) is 7.14. The van der Waals surface area contributed by atoms with Gasteiger partial charge in [-0.3, -0.25) is 0 Å². The maximum Gasteiger partial charge on any atom is 0.213 e. The monoisotopic (exact) mass is 490 g/mol. The number of hydrogen-bond acceptors (Lipinski definition) is 5. The first kappa shape index (κ1) is 23.6. The van der Waals surface area contributed by atoms with E-state index in [0.717, 1.165) is 59.1 Å². The van der Waals surface area contributed by atoms with Gasteiger partial charge in [0.25, 0.3) is 0 Å². The molecule has 0 unspecified atom stereocenters. The van der Waals surface area contributed by atoms with Gasteiger partial charge in [0.2, 0.25) is 6.23 Å². The Bertz CT molecular complexity index is 1180. The highest BCUT2D eigenvalue weighted by molar-refractivity contribution is 6.30. The molecular formula is C29H31ClN2O3. The molecule has 5 rings (SSSR count). The molecule has 0 aromatic heterocycles. The van der Waals surface area contributed by atoms with Crippen molar-refractivity contribution < 1.29 is 14.2 Å². The summed E-state index contributed by atoms with van der Waals surface area (Å²) in [4.78, 5) is 0. The zero-order valence-electron chi connectivity index (χ0n) is 20.2. The van der Waals surface area contributed by atoms with E-state index in [0.29, 0.717) is 5.02 Å². The lowest BCUT2D eigenvalue weighted by atomic mass is 9.96. The van der Waals surface area contributed by atoms with E-state index in [1.165, 1.54) is 19.3 Å². The molecule has 3 aromatic rings. The van der Waals surface area contributed by atoms with E-state index in [1.807, 2.05) is 42.5 Å².